The summed E-state index contributed by atoms with van der Waals surface area (Å²) < 4.78 is 13.9. The summed E-state index contributed by atoms with van der Waals surface area (Å²) in [6, 6.07) is 11.9. The topological polar surface area (TPSA) is 40.5 Å². The van der Waals surface area contributed by atoms with Gasteiger partial charge in [0.05, 0.1) is 5.56 Å². The van der Waals surface area contributed by atoms with Gasteiger partial charge in [0.15, 0.2) is 0 Å². The Kier molecular flexibility index (Phi) is 5.17. The number of aromatic carboxylic acids is 1. The van der Waals surface area contributed by atoms with Crippen LogP contribution in [0.3, 0.4) is 0 Å². The molecule has 126 valence electrons. The van der Waals surface area contributed by atoms with Crippen molar-refractivity contribution < 1.29 is 14.3 Å². The van der Waals surface area contributed by atoms with Gasteiger partial charge in [-0.15, -0.1) is 0 Å². The van der Waals surface area contributed by atoms with Gasteiger partial charge in [-0.2, -0.15) is 0 Å². The SMILES string of the molecule is O=C(O)c1cccc(CC2CCN(Cc3ccc(Cl)cc3F)C2)c1. The monoisotopic (exact) mass is 347 g/mol. The number of hydrogen-bond acceptors (Lipinski definition) is 2. The first-order valence-electron chi connectivity index (χ1n) is 8.00. The van der Waals surface area contributed by atoms with Crippen molar-refractivity contribution in [2.24, 2.45) is 5.92 Å². The van der Waals surface area contributed by atoms with Gasteiger partial charge in [-0.05, 0) is 55.1 Å². The van der Waals surface area contributed by atoms with Gasteiger partial charge in [-0.25, -0.2) is 9.18 Å². The van der Waals surface area contributed by atoms with Crippen LogP contribution in [0.25, 0.3) is 0 Å². The minimum absolute atomic E-state index is 0.264. The summed E-state index contributed by atoms with van der Waals surface area (Å²) in [6.45, 7) is 2.39. The van der Waals surface area contributed by atoms with Crippen molar-refractivity contribution in [3.8, 4) is 0 Å². The molecule has 1 unspecified atom stereocenters. The number of halogens is 2. The highest BCUT2D eigenvalue weighted by atomic mass is 35.5. The van der Waals surface area contributed by atoms with Gasteiger partial charge in [0, 0.05) is 23.7 Å². The van der Waals surface area contributed by atoms with Crippen molar-refractivity contribution in [1.82, 2.24) is 4.90 Å². The molecule has 0 aliphatic carbocycles. The first-order chi connectivity index (χ1) is 11.5. The smallest absolute Gasteiger partial charge is 0.335 e. The van der Waals surface area contributed by atoms with Crippen LogP contribution in [-0.4, -0.2) is 29.1 Å². The van der Waals surface area contributed by atoms with Crippen LogP contribution in [0.5, 0.6) is 0 Å². The second-order valence-electron chi connectivity index (χ2n) is 6.34. The molecular weight excluding hydrogens is 329 g/mol. The number of carboxylic acid groups (broad SMARTS) is 1. The lowest BCUT2D eigenvalue weighted by Crippen LogP contribution is -2.21. The van der Waals surface area contributed by atoms with Gasteiger partial charge in [-0.3, -0.25) is 4.90 Å². The highest BCUT2D eigenvalue weighted by Gasteiger charge is 2.23. The lowest BCUT2D eigenvalue weighted by molar-refractivity contribution is 0.0696. The van der Waals surface area contributed by atoms with Crippen LogP contribution in [0, 0.1) is 11.7 Å². The zero-order valence-electron chi connectivity index (χ0n) is 13.2. The van der Waals surface area contributed by atoms with E-state index in [0.29, 0.717) is 28.6 Å². The van der Waals surface area contributed by atoms with E-state index in [-0.39, 0.29) is 5.82 Å². The summed E-state index contributed by atoms with van der Waals surface area (Å²) in [5.74, 6) is -0.701. The normalized spacial score (nSPS) is 18.0. The Morgan fingerprint density at radius 2 is 2.12 bits per heavy atom. The average molecular weight is 348 g/mol. The lowest BCUT2D eigenvalue weighted by atomic mass is 9.97. The van der Waals surface area contributed by atoms with Crippen LogP contribution in [0.1, 0.15) is 27.9 Å². The van der Waals surface area contributed by atoms with Gasteiger partial charge in [0.25, 0.3) is 0 Å². The molecule has 24 heavy (non-hydrogen) atoms. The third-order valence-corrected chi connectivity index (χ3v) is 4.71. The minimum atomic E-state index is -0.900. The molecule has 2 aromatic rings. The van der Waals surface area contributed by atoms with Crippen molar-refractivity contribution in [2.75, 3.05) is 13.1 Å². The van der Waals surface area contributed by atoms with E-state index in [0.717, 1.165) is 31.5 Å². The Labute approximate surface area is 145 Å². The quantitative estimate of drug-likeness (QED) is 0.879. The molecule has 3 rings (SSSR count). The van der Waals surface area contributed by atoms with E-state index in [1.807, 2.05) is 6.07 Å². The molecule has 0 saturated carbocycles. The first kappa shape index (κ1) is 16.9. The molecule has 1 N–H and O–H groups in total. The van der Waals surface area contributed by atoms with Crippen LogP contribution in [0.15, 0.2) is 42.5 Å². The Balaban J connectivity index is 1.59. The van der Waals surface area contributed by atoms with Crippen LogP contribution >= 0.6 is 11.6 Å². The van der Waals surface area contributed by atoms with E-state index >= 15 is 0 Å². The fraction of sp³-hybridized carbons (Fsp3) is 0.316. The summed E-state index contributed by atoms with van der Waals surface area (Å²) in [7, 11) is 0. The number of carbonyl (C=O) groups is 1. The second-order valence-corrected chi connectivity index (χ2v) is 6.77. The molecule has 2 aromatic carbocycles. The summed E-state index contributed by atoms with van der Waals surface area (Å²) >= 11 is 5.79. The van der Waals surface area contributed by atoms with Crippen LogP contribution < -0.4 is 0 Å². The van der Waals surface area contributed by atoms with E-state index < -0.39 is 5.97 Å². The van der Waals surface area contributed by atoms with Gasteiger partial charge in [0.2, 0.25) is 0 Å². The summed E-state index contributed by atoms with van der Waals surface area (Å²) in [4.78, 5) is 13.3. The maximum absolute atomic E-state index is 13.9. The van der Waals surface area contributed by atoms with Crippen molar-refractivity contribution in [2.45, 2.75) is 19.4 Å². The van der Waals surface area contributed by atoms with Gasteiger partial charge >= 0.3 is 5.97 Å². The molecule has 5 heteroatoms. The summed E-state index contributed by atoms with van der Waals surface area (Å²) in [6.07, 6.45) is 1.88. The number of carboxylic acids is 1. The second kappa shape index (κ2) is 7.32. The molecule has 1 atom stereocenters. The van der Waals surface area contributed by atoms with E-state index in [2.05, 4.69) is 4.90 Å². The zero-order chi connectivity index (χ0) is 17.1. The summed E-state index contributed by atoms with van der Waals surface area (Å²) in [5.41, 5.74) is 2.03. The van der Waals surface area contributed by atoms with E-state index in [1.54, 1.807) is 30.3 Å². The number of likely N-dealkylation sites (tertiary alicyclic amines) is 1. The largest absolute Gasteiger partial charge is 0.478 e. The molecule has 0 radical (unpaired) electrons. The lowest BCUT2D eigenvalue weighted by Gasteiger charge is -2.17. The molecule has 1 saturated heterocycles. The maximum atomic E-state index is 13.9. The van der Waals surface area contributed by atoms with Gasteiger partial charge < -0.3 is 5.11 Å². The third-order valence-electron chi connectivity index (χ3n) is 4.48. The molecule has 0 bridgehead atoms. The predicted molar refractivity (Wildman–Crippen MR) is 91.9 cm³/mol. The molecule has 0 spiro atoms. The van der Waals surface area contributed by atoms with E-state index in [9.17, 15) is 9.18 Å². The molecule has 0 amide bonds. The Bertz CT molecular complexity index is 750. The molecule has 1 aliphatic heterocycles. The third kappa shape index (κ3) is 4.13. The fourth-order valence-corrected chi connectivity index (χ4v) is 3.44. The minimum Gasteiger partial charge on any atom is -0.478 e. The highest BCUT2D eigenvalue weighted by Crippen LogP contribution is 2.24. The van der Waals surface area contributed by atoms with Crippen molar-refractivity contribution in [1.29, 1.82) is 0 Å². The molecule has 1 aliphatic rings. The summed E-state index contributed by atoms with van der Waals surface area (Å²) in [5, 5.41) is 9.48. The van der Waals surface area contributed by atoms with E-state index in [4.69, 9.17) is 16.7 Å². The molecule has 1 heterocycles. The van der Waals surface area contributed by atoms with Gasteiger partial charge in [-0.1, -0.05) is 29.8 Å². The number of rotatable bonds is 5. The van der Waals surface area contributed by atoms with E-state index in [1.165, 1.54) is 6.07 Å². The molecular formula is C19H19ClFNO2. The Morgan fingerprint density at radius 3 is 2.88 bits per heavy atom. The van der Waals surface area contributed by atoms with Crippen molar-refractivity contribution in [3.63, 3.8) is 0 Å². The van der Waals surface area contributed by atoms with Crippen LogP contribution in [0.4, 0.5) is 4.39 Å². The average Bonchev–Trinajstić information content (AvgIpc) is 2.97. The van der Waals surface area contributed by atoms with Crippen LogP contribution in [-0.2, 0) is 13.0 Å². The van der Waals surface area contributed by atoms with Crippen LogP contribution in [0.2, 0.25) is 5.02 Å². The highest BCUT2D eigenvalue weighted by molar-refractivity contribution is 6.30. The Morgan fingerprint density at radius 1 is 1.29 bits per heavy atom. The number of benzene rings is 2. The molecule has 1 fully saturated rings. The number of nitrogens with zero attached hydrogens (tertiary/aromatic N) is 1. The van der Waals surface area contributed by atoms with Gasteiger partial charge in [0.1, 0.15) is 5.82 Å². The molecule has 0 aromatic heterocycles. The number of hydrogen-bond donors (Lipinski definition) is 1. The maximum Gasteiger partial charge on any atom is 0.335 e. The standard InChI is InChI=1S/C19H19ClFNO2/c20-17-5-4-16(18(21)10-17)12-22-7-6-14(11-22)8-13-2-1-3-15(9-13)19(23)24/h1-5,9-10,14H,6-8,11-12H2,(H,23,24). The predicted octanol–water partition coefficient (Wildman–Crippen LogP) is 4.24. The first-order valence-corrected chi connectivity index (χ1v) is 8.37. The fourth-order valence-electron chi connectivity index (χ4n) is 3.28. The van der Waals surface area contributed by atoms with Crippen molar-refractivity contribution >= 4 is 17.6 Å². The van der Waals surface area contributed by atoms with Crippen molar-refractivity contribution in [3.05, 3.63) is 70.0 Å². The Hall–Kier alpha value is -1.91. The zero-order valence-corrected chi connectivity index (χ0v) is 14.0. The molecule has 3 nitrogen and oxygen atoms in total.